The van der Waals surface area contributed by atoms with Gasteiger partial charge in [0.2, 0.25) is 10.0 Å². The molecule has 1 atom stereocenters. The van der Waals surface area contributed by atoms with Crippen LogP contribution in [0, 0.1) is 0 Å². The van der Waals surface area contributed by atoms with E-state index < -0.39 is 10.0 Å². The summed E-state index contributed by atoms with van der Waals surface area (Å²) in [7, 11) is -3.36. The predicted octanol–water partition coefficient (Wildman–Crippen LogP) is 2.50. The molecule has 1 aromatic carbocycles. The van der Waals surface area contributed by atoms with Crippen LogP contribution in [0.3, 0.4) is 0 Å². The number of sulfonamides is 1. The van der Waals surface area contributed by atoms with Crippen LogP contribution in [0.5, 0.6) is 0 Å². The Bertz CT molecular complexity index is 713. The average Bonchev–Trinajstić information content (AvgIpc) is 2.65. The van der Waals surface area contributed by atoms with E-state index in [1.807, 2.05) is 31.2 Å². The second-order valence-corrected chi connectivity index (χ2v) is 8.77. The van der Waals surface area contributed by atoms with Crippen molar-refractivity contribution in [3.63, 3.8) is 0 Å². The molecular formula is C18H30ClIN4O3S. The Morgan fingerprint density at radius 3 is 2.82 bits per heavy atom. The van der Waals surface area contributed by atoms with E-state index in [-0.39, 0.29) is 42.4 Å². The second kappa shape index (κ2) is 13.6. The van der Waals surface area contributed by atoms with E-state index in [2.05, 4.69) is 20.3 Å². The predicted molar refractivity (Wildman–Crippen MR) is 125 cm³/mol. The van der Waals surface area contributed by atoms with E-state index in [9.17, 15) is 8.42 Å². The molecule has 1 aromatic rings. The molecule has 0 aromatic heterocycles. The molecule has 0 radical (unpaired) electrons. The molecule has 1 heterocycles. The van der Waals surface area contributed by atoms with Gasteiger partial charge in [-0.1, -0.05) is 23.7 Å². The monoisotopic (exact) mass is 544 g/mol. The van der Waals surface area contributed by atoms with E-state index >= 15 is 0 Å². The van der Waals surface area contributed by atoms with Gasteiger partial charge in [-0.25, -0.2) is 18.1 Å². The van der Waals surface area contributed by atoms with Crippen molar-refractivity contribution in [1.82, 2.24) is 15.4 Å². The van der Waals surface area contributed by atoms with Gasteiger partial charge in [-0.3, -0.25) is 0 Å². The minimum Gasteiger partial charge on any atom is -0.377 e. The van der Waals surface area contributed by atoms with Crippen molar-refractivity contribution in [2.24, 2.45) is 4.99 Å². The van der Waals surface area contributed by atoms with Crippen LogP contribution in [-0.4, -0.2) is 52.5 Å². The van der Waals surface area contributed by atoms with Crippen molar-refractivity contribution < 1.29 is 13.2 Å². The number of halogens is 2. The van der Waals surface area contributed by atoms with Crippen molar-refractivity contribution >= 4 is 51.6 Å². The average molecular weight is 545 g/mol. The third kappa shape index (κ3) is 10.2. The molecule has 0 spiro atoms. The lowest BCUT2D eigenvalue weighted by molar-refractivity contribution is 0.0200. The van der Waals surface area contributed by atoms with Crippen LogP contribution in [0.4, 0.5) is 0 Å². The first kappa shape index (κ1) is 25.4. The summed E-state index contributed by atoms with van der Waals surface area (Å²) < 4.78 is 32.5. The SMILES string of the molecule is CCNC(=NCc1cccc(Cl)c1)NCCS(=O)(=O)NCC1CCCCO1.I. The van der Waals surface area contributed by atoms with Gasteiger partial charge in [0, 0.05) is 31.3 Å². The van der Waals surface area contributed by atoms with Gasteiger partial charge in [-0.05, 0) is 43.9 Å². The molecule has 0 amide bonds. The lowest BCUT2D eigenvalue weighted by Gasteiger charge is -2.22. The quantitative estimate of drug-likeness (QED) is 0.252. The molecule has 0 bridgehead atoms. The van der Waals surface area contributed by atoms with Crippen molar-refractivity contribution in [2.75, 3.05) is 32.0 Å². The van der Waals surface area contributed by atoms with Crippen LogP contribution in [0.2, 0.25) is 5.02 Å². The van der Waals surface area contributed by atoms with Crippen LogP contribution in [0.1, 0.15) is 31.7 Å². The zero-order valence-corrected chi connectivity index (χ0v) is 20.0. The Morgan fingerprint density at radius 1 is 1.32 bits per heavy atom. The molecule has 10 heteroatoms. The van der Waals surface area contributed by atoms with E-state index in [4.69, 9.17) is 16.3 Å². The molecule has 2 rings (SSSR count). The minimum absolute atomic E-state index is 0. The summed E-state index contributed by atoms with van der Waals surface area (Å²) in [6, 6.07) is 7.49. The number of nitrogens with zero attached hydrogens (tertiary/aromatic N) is 1. The van der Waals surface area contributed by atoms with E-state index in [0.717, 1.165) is 24.8 Å². The van der Waals surface area contributed by atoms with Crippen molar-refractivity contribution in [2.45, 2.75) is 38.8 Å². The van der Waals surface area contributed by atoms with Gasteiger partial charge >= 0.3 is 0 Å². The van der Waals surface area contributed by atoms with Crippen molar-refractivity contribution in [3.8, 4) is 0 Å². The molecule has 1 fully saturated rings. The molecule has 160 valence electrons. The molecular weight excluding hydrogens is 515 g/mol. The van der Waals surface area contributed by atoms with Gasteiger partial charge in [-0.2, -0.15) is 0 Å². The number of hydrogen-bond acceptors (Lipinski definition) is 4. The summed E-state index contributed by atoms with van der Waals surface area (Å²) in [6.07, 6.45) is 3.03. The van der Waals surface area contributed by atoms with Crippen LogP contribution in [0.15, 0.2) is 29.3 Å². The summed E-state index contributed by atoms with van der Waals surface area (Å²) in [4.78, 5) is 4.46. The number of aliphatic imine (C=N–C) groups is 1. The third-order valence-corrected chi connectivity index (χ3v) is 5.70. The highest BCUT2D eigenvalue weighted by Crippen LogP contribution is 2.12. The van der Waals surface area contributed by atoms with Crippen LogP contribution in [0.25, 0.3) is 0 Å². The maximum Gasteiger partial charge on any atom is 0.213 e. The maximum atomic E-state index is 12.1. The Kier molecular flexibility index (Phi) is 12.3. The summed E-state index contributed by atoms with van der Waals surface area (Å²) in [5.41, 5.74) is 0.987. The van der Waals surface area contributed by atoms with Gasteiger partial charge in [0.05, 0.1) is 18.4 Å². The van der Waals surface area contributed by atoms with Crippen molar-refractivity contribution in [1.29, 1.82) is 0 Å². The second-order valence-electron chi connectivity index (χ2n) is 6.41. The van der Waals surface area contributed by atoms with Gasteiger partial charge < -0.3 is 15.4 Å². The first-order valence-corrected chi connectivity index (χ1v) is 11.4. The molecule has 3 N–H and O–H groups in total. The fourth-order valence-corrected chi connectivity index (χ4v) is 3.88. The first-order valence-electron chi connectivity index (χ1n) is 9.34. The molecule has 1 saturated heterocycles. The van der Waals surface area contributed by atoms with Crippen LogP contribution in [-0.2, 0) is 21.3 Å². The number of hydrogen-bond donors (Lipinski definition) is 3. The summed E-state index contributed by atoms with van der Waals surface area (Å²) in [5, 5.41) is 6.83. The van der Waals surface area contributed by atoms with Crippen LogP contribution >= 0.6 is 35.6 Å². The topological polar surface area (TPSA) is 91.8 Å². The lowest BCUT2D eigenvalue weighted by atomic mass is 10.1. The van der Waals surface area contributed by atoms with Crippen LogP contribution < -0.4 is 15.4 Å². The fourth-order valence-electron chi connectivity index (χ4n) is 2.71. The molecule has 1 aliphatic rings. The molecule has 0 saturated carbocycles. The number of guanidine groups is 1. The molecule has 1 unspecified atom stereocenters. The highest BCUT2D eigenvalue weighted by molar-refractivity contribution is 14.0. The van der Waals surface area contributed by atoms with Gasteiger partial charge in [0.1, 0.15) is 0 Å². The Labute approximate surface area is 190 Å². The molecule has 1 aliphatic heterocycles. The lowest BCUT2D eigenvalue weighted by Crippen LogP contribution is -2.42. The zero-order chi connectivity index (χ0) is 19.5. The number of ether oxygens (including phenoxy) is 1. The highest BCUT2D eigenvalue weighted by atomic mass is 127. The molecule has 0 aliphatic carbocycles. The normalized spacial score (nSPS) is 17.6. The van der Waals surface area contributed by atoms with E-state index in [1.54, 1.807) is 0 Å². The van der Waals surface area contributed by atoms with Crippen molar-refractivity contribution in [3.05, 3.63) is 34.9 Å². The summed E-state index contributed by atoms with van der Waals surface area (Å²) in [5.74, 6) is 0.546. The fraction of sp³-hybridized carbons (Fsp3) is 0.611. The number of nitrogens with one attached hydrogen (secondary N) is 3. The van der Waals surface area contributed by atoms with Gasteiger partial charge in [0.15, 0.2) is 5.96 Å². The smallest absolute Gasteiger partial charge is 0.213 e. The zero-order valence-electron chi connectivity index (χ0n) is 16.1. The Morgan fingerprint density at radius 2 is 2.14 bits per heavy atom. The van der Waals surface area contributed by atoms with Gasteiger partial charge in [0.25, 0.3) is 0 Å². The maximum absolute atomic E-state index is 12.1. The largest absolute Gasteiger partial charge is 0.377 e. The highest BCUT2D eigenvalue weighted by Gasteiger charge is 2.17. The summed E-state index contributed by atoms with van der Waals surface area (Å²) in [6.45, 7) is 4.42. The Balaban J connectivity index is 0.00000392. The van der Waals surface area contributed by atoms with E-state index in [1.165, 1.54) is 0 Å². The standard InChI is InChI=1S/C18H29ClN4O3S.HI/c1-2-20-18(22-13-15-6-5-7-16(19)12-15)21-9-11-27(24,25)23-14-17-8-3-4-10-26-17;/h5-7,12,17,23H,2-4,8-11,13-14H2,1H3,(H2,20,21,22);1H. The number of benzene rings is 1. The number of rotatable bonds is 9. The molecule has 28 heavy (non-hydrogen) atoms. The Hall–Kier alpha value is -0.620. The minimum atomic E-state index is -3.36. The first-order chi connectivity index (χ1) is 13.0. The van der Waals surface area contributed by atoms with E-state index in [0.29, 0.717) is 37.2 Å². The summed E-state index contributed by atoms with van der Waals surface area (Å²) >= 11 is 5.98. The third-order valence-electron chi connectivity index (χ3n) is 4.12. The van der Waals surface area contributed by atoms with Gasteiger partial charge in [-0.15, -0.1) is 24.0 Å². The molecule has 7 nitrogen and oxygen atoms in total.